The Kier molecular flexibility index (Phi) is 4.99. The van der Waals surface area contributed by atoms with Crippen LogP contribution >= 0.6 is 11.3 Å². The zero-order valence-electron chi connectivity index (χ0n) is 13.6. The first-order chi connectivity index (χ1) is 11.0. The van der Waals surface area contributed by atoms with Crippen molar-refractivity contribution in [2.24, 2.45) is 5.92 Å². The van der Waals surface area contributed by atoms with Crippen molar-refractivity contribution >= 4 is 23.2 Å². The van der Waals surface area contributed by atoms with Crippen LogP contribution in [0.3, 0.4) is 0 Å². The average Bonchev–Trinajstić information content (AvgIpc) is 2.95. The summed E-state index contributed by atoms with van der Waals surface area (Å²) >= 11 is 1.53. The van der Waals surface area contributed by atoms with Crippen molar-refractivity contribution < 1.29 is 14.3 Å². The molecule has 2 aliphatic rings. The number of aryl methyl sites for hydroxylation is 1. The molecule has 1 aliphatic heterocycles. The average molecular weight is 337 g/mol. The van der Waals surface area contributed by atoms with E-state index in [0.717, 1.165) is 19.4 Å². The van der Waals surface area contributed by atoms with E-state index in [1.165, 1.54) is 28.2 Å². The van der Waals surface area contributed by atoms with Gasteiger partial charge in [-0.2, -0.15) is 0 Å². The van der Waals surface area contributed by atoms with Crippen molar-refractivity contribution in [3.8, 4) is 0 Å². The van der Waals surface area contributed by atoms with Gasteiger partial charge >= 0.3 is 0 Å². The molecule has 1 fully saturated rings. The molecule has 0 radical (unpaired) electrons. The van der Waals surface area contributed by atoms with Crippen LogP contribution in [0.1, 0.15) is 33.5 Å². The number of carbonyl (C=O) groups excluding carboxylic acids is 2. The zero-order valence-corrected chi connectivity index (χ0v) is 14.4. The van der Waals surface area contributed by atoms with Gasteiger partial charge in [-0.3, -0.25) is 20.4 Å². The van der Waals surface area contributed by atoms with Crippen LogP contribution in [0.2, 0.25) is 0 Å². The topological polar surface area (TPSA) is 70.7 Å². The first kappa shape index (κ1) is 16.4. The van der Waals surface area contributed by atoms with E-state index < -0.39 is 6.10 Å². The highest BCUT2D eigenvalue weighted by atomic mass is 32.1. The number of hydrazine groups is 1. The van der Waals surface area contributed by atoms with Crippen LogP contribution in [-0.2, 0) is 22.4 Å². The fourth-order valence-electron chi connectivity index (χ4n) is 3.01. The minimum atomic E-state index is -0.536. The molecule has 1 aromatic heterocycles. The molecule has 0 saturated carbocycles. The van der Waals surface area contributed by atoms with Crippen molar-refractivity contribution in [1.82, 2.24) is 15.8 Å². The number of thiophene rings is 1. The Hall–Kier alpha value is -1.44. The first-order valence-corrected chi connectivity index (χ1v) is 8.86. The Morgan fingerprint density at radius 2 is 2.22 bits per heavy atom. The predicted octanol–water partition coefficient (Wildman–Crippen LogP) is 0.964. The number of fused-ring (bicyclic) bond motifs is 1. The van der Waals surface area contributed by atoms with Gasteiger partial charge in [-0.15, -0.1) is 11.3 Å². The largest absolute Gasteiger partial charge is 0.366 e. The van der Waals surface area contributed by atoms with Gasteiger partial charge in [0.05, 0.1) is 11.5 Å². The lowest BCUT2D eigenvalue weighted by atomic mass is 9.90. The molecule has 1 aromatic rings. The van der Waals surface area contributed by atoms with E-state index in [4.69, 9.17) is 4.74 Å². The normalized spacial score (nSPS) is 24.8. The molecule has 2 N–H and O–H groups in total. The standard InChI is InChI=1S/C16H23N3O3S/c1-10-3-4-13-11(7-10)8-14(23-13)16(21)18-17-15(20)12-9-19(2)5-6-22-12/h8,10,12H,3-7,9H2,1-2H3,(H,17,20)(H,18,21)/t10-,12-/m1/s1. The van der Waals surface area contributed by atoms with Crippen molar-refractivity contribution in [3.63, 3.8) is 0 Å². The van der Waals surface area contributed by atoms with Crippen LogP contribution in [0, 0.1) is 5.92 Å². The van der Waals surface area contributed by atoms with Crippen LogP contribution in [0.25, 0.3) is 0 Å². The fourth-order valence-corrected chi connectivity index (χ4v) is 4.12. The number of rotatable bonds is 2. The van der Waals surface area contributed by atoms with Gasteiger partial charge in [0, 0.05) is 18.0 Å². The lowest BCUT2D eigenvalue weighted by Gasteiger charge is -2.28. The number of hydrogen-bond donors (Lipinski definition) is 2. The monoisotopic (exact) mass is 337 g/mol. The summed E-state index contributed by atoms with van der Waals surface area (Å²) in [6, 6.07) is 1.96. The van der Waals surface area contributed by atoms with E-state index in [2.05, 4.69) is 17.8 Å². The Balaban J connectivity index is 1.54. The molecule has 0 aromatic carbocycles. The number of morpholine rings is 1. The summed E-state index contributed by atoms with van der Waals surface area (Å²) in [6.07, 6.45) is 2.72. The van der Waals surface area contributed by atoms with E-state index in [0.29, 0.717) is 23.9 Å². The molecule has 1 saturated heterocycles. The van der Waals surface area contributed by atoms with E-state index >= 15 is 0 Å². The molecule has 2 atom stereocenters. The minimum Gasteiger partial charge on any atom is -0.366 e. The Morgan fingerprint density at radius 1 is 1.39 bits per heavy atom. The number of ether oxygens (including phenoxy) is 1. The highest BCUT2D eigenvalue weighted by Crippen LogP contribution is 2.32. The van der Waals surface area contributed by atoms with Crippen molar-refractivity contribution in [2.45, 2.75) is 32.3 Å². The molecular weight excluding hydrogens is 314 g/mol. The van der Waals surface area contributed by atoms with E-state index in [1.807, 2.05) is 18.0 Å². The Morgan fingerprint density at radius 3 is 3.00 bits per heavy atom. The van der Waals surface area contributed by atoms with Gasteiger partial charge in [0.25, 0.3) is 11.8 Å². The summed E-state index contributed by atoms with van der Waals surface area (Å²) in [7, 11) is 1.94. The molecular formula is C16H23N3O3S. The molecule has 6 nitrogen and oxygen atoms in total. The second-order valence-corrected chi connectivity index (χ2v) is 7.61. The molecule has 23 heavy (non-hydrogen) atoms. The predicted molar refractivity (Wildman–Crippen MR) is 88.4 cm³/mol. The number of carbonyl (C=O) groups is 2. The van der Waals surface area contributed by atoms with Crippen molar-refractivity contribution in [3.05, 3.63) is 21.4 Å². The van der Waals surface area contributed by atoms with Gasteiger partial charge in [-0.1, -0.05) is 6.92 Å². The second-order valence-electron chi connectivity index (χ2n) is 6.47. The third-order valence-corrected chi connectivity index (χ3v) is 5.65. The summed E-state index contributed by atoms with van der Waals surface area (Å²) in [5.74, 6) is 0.113. The number of nitrogens with zero attached hydrogens (tertiary/aromatic N) is 1. The van der Waals surface area contributed by atoms with Gasteiger partial charge in [-0.05, 0) is 43.9 Å². The summed E-state index contributed by atoms with van der Waals surface area (Å²) in [6.45, 7) is 4.11. The smallest absolute Gasteiger partial charge is 0.279 e. The SMILES string of the molecule is C[C@@H]1CCc2sc(C(=O)NNC(=O)[C@H]3CN(C)CCO3)cc2C1. The second kappa shape index (κ2) is 6.98. The first-order valence-electron chi connectivity index (χ1n) is 8.05. The number of likely N-dealkylation sites (N-methyl/N-ethyl adjacent to an activating group) is 1. The van der Waals surface area contributed by atoms with Crippen LogP contribution in [0.5, 0.6) is 0 Å². The van der Waals surface area contributed by atoms with Crippen molar-refractivity contribution in [1.29, 1.82) is 0 Å². The van der Waals surface area contributed by atoms with E-state index in [1.54, 1.807) is 0 Å². The maximum absolute atomic E-state index is 12.2. The summed E-state index contributed by atoms with van der Waals surface area (Å²) in [5, 5.41) is 0. The number of hydrogen-bond acceptors (Lipinski definition) is 5. The summed E-state index contributed by atoms with van der Waals surface area (Å²) in [5.41, 5.74) is 6.26. The summed E-state index contributed by atoms with van der Waals surface area (Å²) < 4.78 is 5.42. The highest BCUT2D eigenvalue weighted by molar-refractivity contribution is 7.14. The quantitative estimate of drug-likeness (QED) is 0.789. The molecule has 3 rings (SSSR count). The van der Waals surface area contributed by atoms with E-state index in [-0.39, 0.29) is 11.8 Å². The van der Waals surface area contributed by atoms with Crippen LogP contribution < -0.4 is 10.9 Å². The van der Waals surface area contributed by atoms with Gasteiger partial charge in [0.15, 0.2) is 6.10 Å². The van der Waals surface area contributed by atoms with Crippen LogP contribution in [0.4, 0.5) is 0 Å². The van der Waals surface area contributed by atoms with Gasteiger partial charge in [0.1, 0.15) is 0 Å². The third-order valence-electron chi connectivity index (χ3n) is 4.41. The Labute approximate surface area is 140 Å². The van der Waals surface area contributed by atoms with Crippen LogP contribution in [0.15, 0.2) is 6.07 Å². The molecule has 2 amide bonds. The van der Waals surface area contributed by atoms with Crippen LogP contribution in [-0.4, -0.2) is 49.6 Å². The zero-order chi connectivity index (χ0) is 16.4. The van der Waals surface area contributed by atoms with Gasteiger partial charge < -0.3 is 9.64 Å². The van der Waals surface area contributed by atoms with E-state index in [9.17, 15) is 9.59 Å². The van der Waals surface area contributed by atoms with Gasteiger partial charge in [-0.25, -0.2) is 0 Å². The molecule has 2 heterocycles. The van der Waals surface area contributed by atoms with Crippen molar-refractivity contribution in [2.75, 3.05) is 26.7 Å². The number of amides is 2. The third kappa shape index (κ3) is 3.91. The summed E-state index contributed by atoms with van der Waals surface area (Å²) in [4.78, 5) is 28.3. The molecule has 126 valence electrons. The molecule has 1 aliphatic carbocycles. The molecule has 0 unspecified atom stereocenters. The fraction of sp³-hybridized carbons (Fsp3) is 0.625. The van der Waals surface area contributed by atoms with Gasteiger partial charge in [0.2, 0.25) is 0 Å². The number of nitrogens with one attached hydrogen (secondary N) is 2. The lowest BCUT2D eigenvalue weighted by Crippen LogP contribution is -2.52. The maximum Gasteiger partial charge on any atom is 0.279 e. The lowest BCUT2D eigenvalue weighted by molar-refractivity contribution is -0.138. The molecule has 7 heteroatoms. The molecule has 0 bridgehead atoms. The minimum absolute atomic E-state index is 0.255. The highest BCUT2D eigenvalue weighted by Gasteiger charge is 2.26. The maximum atomic E-state index is 12.2. The Bertz CT molecular complexity index is 601. The molecule has 0 spiro atoms.